The molecule has 2 unspecified atom stereocenters. The van der Waals surface area contributed by atoms with Crippen LogP contribution in [0.25, 0.3) is 0 Å². The van der Waals surface area contributed by atoms with E-state index in [0.717, 1.165) is 12.1 Å². The van der Waals surface area contributed by atoms with Gasteiger partial charge in [-0.3, -0.25) is 10.2 Å². The van der Waals surface area contributed by atoms with Crippen molar-refractivity contribution in [2.24, 2.45) is 5.84 Å². The molecule has 2 rings (SSSR count). The average Bonchev–Trinajstić information content (AvgIpc) is 2.85. The Morgan fingerprint density at radius 1 is 1.50 bits per heavy atom. The fraction of sp³-hybridized carbons (Fsp3) is 0.417. The predicted octanol–water partition coefficient (Wildman–Crippen LogP) is 1.64. The van der Waals surface area contributed by atoms with Gasteiger partial charge in [-0.25, -0.2) is 14.6 Å². The smallest absolute Gasteiger partial charge is 0.263 e. The Kier molecular flexibility index (Phi) is 4.90. The molecule has 8 heteroatoms. The fourth-order valence-corrected chi connectivity index (χ4v) is 2.48. The number of nitrogens with one attached hydrogen (secondary N) is 1. The largest absolute Gasteiger partial charge is 0.487 e. The van der Waals surface area contributed by atoms with Crippen LogP contribution in [0.1, 0.15) is 12.8 Å². The first kappa shape index (κ1) is 15.1. The summed E-state index contributed by atoms with van der Waals surface area (Å²) in [5.41, 5.74) is 2.01. The zero-order valence-electron chi connectivity index (χ0n) is 10.4. The Morgan fingerprint density at radius 3 is 2.90 bits per heavy atom. The molecule has 0 aromatic heterocycles. The molecule has 1 aromatic rings. The zero-order valence-corrected chi connectivity index (χ0v) is 12.0. The van der Waals surface area contributed by atoms with Gasteiger partial charge < -0.3 is 9.47 Å². The minimum absolute atomic E-state index is 0.0650. The Hall–Kier alpha value is -1.25. The maximum absolute atomic E-state index is 13.5. The maximum atomic E-state index is 13.5. The van der Waals surface area contributed by atoms with Gasteiger partial charge in [0, 0.05) is 6.07 Å². The fourth-order valence-electron chi connectivity index (χ4n) is 1.96. The number of hydrogen-bond acceptors (Lipinski definition) is 4. The molecule has 1 saturated heterocycles. The minimum atomic E-state index is -0.800. The Bertz CT molecular complexity index is 492. The minimum Gasteiger partial charge on any atom is -0.487 e. The van der Waals surface area contributed by atoms with Gasteiger partial charge in [0.2, 0.25) is 0 Å². The van der Waals surface area contributed by atoms with E-state index >= 15 is 0 Å². The SMILES string of the molecule is NNC(=O)C1CCC(COc2c(F)cc(F)cc2Br)O1. The Morgan fingerprint density at radius 2 is 2.25 bits per heavy atom. The molecular formula is C12H13BrF2N2O3. The molecule has 0 saturated carbocycles. The van der Waals surface area contributed by atoms with E-state index in [1.54, 1.807) is 0 Å². The first-order chi connectivity index (χ1) is 9.51. The number of carbonyl (C=O) groups is 1. The van der Waals surface area contributed by atoms with Crippen molar-refractivity contribution in [3.8, 4) is 5.75 Å². The van der Waals surface area contributed by atoms with Crippen molar-refractivity contribution in [2.45, 2.75) is 25.0 Å². The second kappa shape index (κ2) is 6.47. The quantitative estimate of drug-likeness (QED) is 0.492. The summed E-state index contributed by atoms with van der Waals surface area (Å²) in [4.78, 5) is 11.3. The Labute approximate surface area is 122 Å². The third kappa shape index (κ3) is 3.44. The van der Waals surface area contributed by atoms with Gasteiger partial charge in [0.05, 0.1) is 10.6 Å². The summed E-state index contributed by atoms with van der Waals surface area (Å²) in [6.07, 6.45) is 0.159. The molecule has 110 valence electrons. The van der Waals surface area contributed by atoms with Crippen LogP contribution >= 0.6 is 15.9 Å². The molecule has 20 heavy (non-hydrogen) atoms. The van der Waals surface area contributed by atoms with Crippen molar-refractivity contribution >= 4 is 21.8 Å². The lowest BCUT2D eigenvalue weighted by molar-refractivity contribution is -0.132. The highest BCUT2D eigenvalue weighted by molar-refractivity contribution is 9.10. The van der Waals surface area contributed by atoms with E-state index in [0.29, 0.717) is 12.8 Å². The number of hydrazine groups is 1. The predicted molar refractivity (Wildman–Crippen MR) is 69.8 cm³/mol. The summed E-state index contributed by atoms with van der Waals surface area (Å²) in [7, 11) is 0. The molecule has 0 radical (unpaired) electrons. The first-order valence-corrected chi connectivity index (χ1v) is 6.74. The molecule has 0 spiro atoms. The molecular weight excluding hydrogens is 338 g/mol. The monoisotopic (exact) mass is 350 g/mol. The van der Waals surface area contributed by atoms with E-state index in [1.807, 2.05) is 5.43 Å². The highest BCUT2D eigenvalue weighted by Crippen LogP contribution is 2.30. The standard InChI is InChI=1S/C12H13BrF2N2O3/c13-8-3-6(14)4-9(15)11(8)19-5-7-1-2-10(20-7)12(18)17-16/h3-4,7,10H,1-2,5,16H2,(H,17,18). The first-order valence-electron chi connectivity index (χ1n) is 5.94. The highest BCUT2D eigenvalue weighted by Gasteiger charge is 2.31. The van der Waals surface area contributed by atoms with Crippen molar-refractivity contribution in [2.75, 3.05) is 6.61 Å². The summed E-state index contributed by atoms with van der Waals surface area (Å²) < 4.78 is 37.3. The molecule has 1 aliphatic rings. The lowest BCUT2D eigenvalue weighted by atomic mass is 10.2. The number of ether oxygens (including phenoxy) is 2. The van der Waals surface area contributed by atoms with E-state index < -0.39 is 23.6 Å². The second-order valence-corrected chi connectivity index (χ2v) is 5.20. The van der Waals surface area contributed by atoms with Gasteiger partial charge in [0.15, 0.2) is 11.6 Å². The van der Waals surface area contributed by atoms with Crippen LogP contribution in [0.4, 0.5) is 8.78 Å². The second-order valence-electron chi connectivity index (χ2n) is 4.34. The van der Waals surface area contributed by atoms with Crippen LogP contribution in [0.3, 0.4) is 0 Å². The van der Waals surface area contributed by atoms with Gasteiger partial charge in [-0.05, 0) is 34.8 Å². The third-order valence-electron chi connectivity index (χ3n) is 2.92. The van der Waals surface area contributed by atoms with Crippen LogP contribution in [0.5, 0.6) is 5.75 Å². The lowest BCUT2D eigenvalue weighted by Gasteiger charge is -2.15. The summed E-state index contributed by atoms with van der Waals surface area (Å²) in [5.74, 6) is 3.04. The molecule has 0 aliphatic carbocycles. The van der Waals surface area contributed by atoms with E-state index in [2.05, 4.69) is 15.9 Å². The maximum Gasteiger partial charge on any atom is 0.263 e. The van der Waals surface area contributed by atoms with Crippen LogP contribution in [-0.2, 0) is 9.53 Å². The summed E-state index contributed by atoms with van der Waals surface area (Å²) in [6, 6.07) is 1.85. The Balaban J connectivity index is 1.92. The van der Waals surface area contributed by atoms with E-state index in [9.17, 15) is 13.6 Å². The van der Waals surface area contributed by atoms with E-state index in [1.165, 1.54) is 0 Å². The van der Waals surface area contributed by atoms with Crippen LogP contribution < -0.4 is 16.0 Å². The topological polar surface area (TPSA) is 73.6 Å². The van der Waals surface area contributed by atoms with Crippen molar-refractivity contribution < 1.29 is 23.0 Å². The highest BCUT2D eigenvalue weighted by atomic mass is 79.9. The van der Waals surface area contributed by atoms with Gasteiger partial charge in [-0.1, -0.05) is 0 Å². The van der Waals surface area contributed by atoms with Crippen LogP contribution in [0.2, 0.25) is 0 Å². The van der Waals surface area contributed by atoms with Crippen LogP contribution in [0.15, 0.2) is 16.6 Å². The number of benzene rings is 1. The van der Waals surface area contributed by atoms with Gasteiger partial charge in [-0.15, -0.1) is 0 Å². The lowest BCUT2D eigenvalue weighted by Crippen LogP contribution is -2.39. The van der Waals surface area contributed by atoms with Gasteiger partial charge in [-0.2, -0.15) is 0 Å². The van der Waals surface area contributed by atoms with Crippen LogP contribution in [-0.4, -0.2) is 24.7 Å². The number of hydrogen-bond donors (Lipinski definition) is 2. The average molecular weight is 351 g/mol. The molecule has 1 aromatic carbocycles. The number of nitrogens with two attached hydrogens (primary N) is 1. The van der Waals surface area contributed by atoms with E-state index in [4.69, 9.17) is 15.3 Å². The van der Waals surface area contributed by atoms with Crippen LogP contribution in [0, 0.1) is 11.6 Å². The van der Waals surface area contributed by atoms with Crippen molar-refractivity contribution in [3.05, 3.63) is 28.2 Å². The molecule has 1 aliphatic heterocycles. The molecule has 3 N–H and O–H groups in total. The molecule has 5 nitrogen and oxygen atoms in total. The van der Waals surface area contributed by atoms with Gasteiger partial charge >= 0.3 is 0 Å². The summed E-state index contributed by atoms with van der Waals surface area (Å²) in [5, 5.41) is 0. The van der Waals surface area contributed by atoms with Crippen molar-refractivity contribution in [3.63, 3.8) is 0 Å². The number of amides is 1. The van der Waals surface area contributed by atoms with Crippen molar-refractivity contribution in [1.82, 2.24) is 5.43 Å². The normalized spacial score (nSPS) is 21.8. The molecule has 2 atom stereocenters. The van der Waals surface area contributed by atoms with Gasteiger partial charge in [0.25, 0.3) is 5.91 Å². The molecule has 1 amide bonds. The zero-order chi connectivity index (χ0) is 14.7. The third-order valence-corrected chi connectivity index (χ3v) is 3.51. The van der Waals surface area contributed by atoms with E-state index in [-0.39, 0.29) is 22.9 Å². The summed E-state index contributed by atoms with van der Waals surface area (Å²) in [6.45, 7) is 0.0650. The number of carbonyl (C=O) groups excluding carboxylic acids is 1. The summed E-state index contributed by atoms with van der Waals surface area (Å²) >= 11 is 3.03. The number of halogens is 3. The van der Waals surface area contributed by atoms with Gasteiger partial charge in [0.1, 0.15) is 18.5 Å². The molecule has 1 fully saturated rings. The molecule has 1 heterocycles. The molecule has 0 bridgehead atoms. The van der Waals surface area contributed by atoms with Crippen molar-refractivity contribution in [1.29, 1.82) is 0 Å². The number of rotatable bonds is 4.